The van der Waals surface area contributed by atoms with E-state index < -0.39 is 0 Å². The van der Waals surface area contributed by atoms with Gasteiger partial charge in [0.25, 0.3) is 0 Å². The van der Waals surface area contributed by atoms with Crippen LogP contribution in [0.25, 0.3) is 0 Å². The third-order valence-corrected chi connectivity index (χ3v) is 3.42. The Labute approximate surface area is 88.3 Å². The lowest BCUT2D eigenvalue weighted by molar-refractivity contribution is -0.123. The van der Waals surface area contributed by atoms with Gasteiger partial charge in [-0.3, -0.25) is 4.79 Å². The van der Waals surface area contributed by atoms with Gasteiger partial charge in [0, 0.05) is 12.8 Å². The Kier molecular flexibility index (Phi) is 4.15. The first-order valence-electron chi connectivity index (χ1n) is 6.03. The molecule has 0 amide bonds. The lowest BCUT2D eigenvalue weighted by atomic mass is 9.72. The van der Waals surface area contributed by atoms with Crippen molar-refractivity contribution in [2.45, 2.75) is 65.7 Å². The normalized spacial score (nSPS) is 28.4. The fourth-order valence-corrected chi connectivity index (χ4v) is 2.52. The van der Waals surface area contributed by atoms with Crippen molar-refractivity contribution < 1.29 is 4.79 Å². The second-order valence-corrected chi connectivity index (χ2v) is 5.67. The zero-order valence-electron chi connectivity index (χ0n) is 9.94. The third kappa shape index (κ3) is 3.81. The van der Waals surface area contributed by atoms with Gasteiger partial charge in [-0.1, -0.05) is 33.6 Å². The van der Waals surface area contributed by atoms with Gasteiger partial charge >= 0.3 is 0 Å². The summed E-state index contributed by atoms with van der Waals surface area (Å²) in [5.41, 5.74) is 0.338. The van der Waals surface area contributed by atoms with Crippen LogP contribution in [0.5, 0.6) is 0 Å². The predicted octanol–water partition coefficient (Wildman–Crippen LogP) is 3.96. The molecule has 1 saturated carbocycles. The molecule has 0 aromatic rings. The third-order valence-electron chi connectivity index (χ3n) is 3.42. The van der Waals surface area contributed by atoms with E-state index in [9.17, 15) is 4.79 Å². The molecule has 1 aliphatic carbocycles. The van der Waals surface area contributed by atoms with E-state index in [0.717, 1.165) is 25.2 Å². The van der Waals surface area contributed by atoms with E-state index in [-0.39, 0.29) is 0 Å². The summed E-state index contributed by atoms with van der Waals surface area (Å²) in [6, 6.07) is 0. The minimum absolute atomic E-state index is 0.338. The summed E-state index contributed by atoms with van der Waals surface area (Å²) < 4.78 is 0. The number of hydrogen-bond acceptors (Lipinski definition) is 1. The van der Waals surface area contributed by atoms with Crippen LogP contribution < -0.4 is 0 Å². The standard InChI is InChI=1S/C13H24O/c1-11(2)6-4-8-13(3)9-5-7-12(14)10-13/h11H,4-10H2,1-3H3. The lowest BCUT2D eigenvalue weighted by Gasteiger charge is -2.32. The Morgan fingerprint density at radius 1 is 1.43 bits per heavy atom. The molecule has 1 heteroatoms. The van der Waals surface area contributed by atoms with E-state index in [0.29, 0.717) is 11.2 Å². The number of Topliss-reactive ketones (excluding diaryl/α,β-unsaturated/α-hetero) is 1. The number of hydrogen-bond donors (Lipinski definition) is 0. The molecule has 0 radical (unpaired) electrons. The molecule has 0 spiro atoms. The molecule has 0 saturated heterocycles. The molecule has 1 fully saturated rings. The molecule has 1 atom stereocenters. The minimum atomic E-state index is 0.338. The second-order valence-electron chi connectivity index (χ2n) is 5.67. The largest absolute Gasteiger partial charge is 0.300 e. The summed E-state index contributed by atoms with van der Waals surface area (Å²) in [7, 11) is 0. The summed E-state index contributed by atoms with van der Waals surface area (Å²) in [5.74, 6) is 1.29. The van der Waals surface area contributed by atoms with Crippen molar-refractivity contribution in [3.05, 3.63) is 0 Å². The summed E-state index contributed by atoms with van der Waals surface area (Å²) in [5, 5.41) is 0. The van der Waals surface area contributed by atoms with Gasteiger partial charge in [-0.2, -0.15) is 0 Å². The van der Waals surface area contributed by atoms with Crippen LogP contribution in [0.4, 0.5) is 0 Å². The zero-order chi connectivity index (χ0) is 10.6. The van der Waals surface area contributed by atoms with Crippen LogP contribution in [0.1, 0.15) is 65.7 Å². The second kappa shape index (κ2) is 4.95. The van der Waals surface area contributed by atoms with Crippen LogP contribution in [0, 0.1) is 11.3 Å². The molecule has 1 aliphatic rings. The molecule has 1 unspecified atom stereocenters. The smallest absolute Gasteiger partial charge is 0.133 e. The summed E-state index contributed by atoms with van der Waals surface area (Å²) in [6.07, 6.45) is 7.90. The molecular weight excluding hydrogens is 172 g/mol. The topological polar surface area (TPSA) is 17.1 Å². The van der Waals surface area contributed by atoms with Gasteiger partial charge in [0.15, 0.2) is 0 Å². The van der Waals surface area contributed by atoms with E-state index in [1.165, 1.54) is 25.7 Å². The van der Waals surface area contributed by atoms with Crippen molar-refractivity contribution >= 4 is 5.78 Å². The summed E-state index contributed by atoms with van der Waals surface area (Å²) in [6.45, 7) is 6.84. The first-order valence-corrected chi connectivity index (χ1v) is 6.03. The fourth-order valence-electron chi connectivity index (χ4n) is 2.52. The van der Waals surface area contributed by atoms with Crippen LogP contribution in [0.15, 0.2) is 0 Å². The average Bonchev–Trinajstić information content (AvgIpc) is 2.01. The number of carbonyl (C=O) groups excluding carboxylic acids is 1. The molecule has 14 heavy (non-hydrogen) atoms. The SMILES string of the molecule is CC(C)CCCC1(C)CCCC(=O)C1. The Hall–Kier alpha value is -0.330. The van der Waals surface area contributed by atoms with E-state index >= 15 is 0 Å². The molecular formula is C13H24O. The molecule has 0 aromatic carbocycles. The first kappa shape index (κ1) is 11.7. The number of rotatable bonds is 4. The maximum Gasteiger partial charge on any atom is 0.133 e. The van der Waals surface area contributed by atoms with E-state index in [1.807, 2.05) is 0 Å². The number of carbonyl (C=O) groups is 1. The highest BCUT2D eigenvalue weighted by Gasteiger charge is 2.30. The van der Waals surface area contributed by atoms with Crippen LogP contribution >= 0.6 is 0 Å². The molecule has 1 rings (SSSR count). The van der Waals surface area contributed by atoms with Crippen LogP contribution in [0.2, 0.25) is 0 Å². The van der Waals surface area contributed by atoms with Gasteiger partial charge in [-0.05, 0) is 30.6 Å². The zero-order valence-corrected chi connectivity index (χ0v) is 9.94. The van der Waals surface area contributed by atoms with E-state index in [1.54, 1.807) is 0 Å². The Balaban J connectivity index is 2.30. The van der Waals surface area contributed by atoms with Crippen molar-refractivity contribution in [1.29, 1.82) is 0 Å². The van der Waals surface area contributed by atoms with Gasteiger partial charge in [-0.15, -0.1) is 0 Å². The van der Waals surface area contributed by atoms with Crippen molar-refractivity contribution in [3.8, 4) is 0 Å². The molecule has 0 bridgehead atoms. The van der Waals surface area contributed by atoms with Gasteiger partial charge in [-0.25, -0.2) is 0 Å². The maximum absolute atomic E-state index is 11.4. The van der Waals surface area contributed by atoms with Crippen LogP contribution in [-0.2, 0) is 4.79 Å². The summed E-state index contributed by atoms with van der Waals surface area (Å²) >= 11 is 0. The molecule has 1 nitrogen and oxygen atoms in total. The van der Waals surface area contributed by atoms with Crippen molar-refractivity contribution in [3.63, 3.8) is 0 Å². The molecule has 0 aliphatic heterocycles. The quantitative estimate of drug-likeness (QED) is 0.665. The van der Waals surface area contributed by atoms with E-state index in [4.69, 9.17) is 0 Å². The van der Waals surface area contributed by atoms with Crippen molar-refractivity contribution in [2.75, 3.05) is 0 Å². The first-order chi connectivity index (χ1) is 6.52. The monoisotopic (exact) mass is 196 g/mol. The Bertz CT molecular complexity index is 195. The van der Waals surface area contributed by atoms with Crippen molar-refractivity contribution in [1.82, 2.24) is 0 Å². The fraction of sp³-hybridized carbons (Fsp3) is 0.923. The van der Waals surface area contributed by atoms with E-state index in [2.05, 4.69) is 20.8 Å². The molecule has 82 valence electrons. The summed E-state index contributed by atoms with van der Waals surface area (Å²) in [4.78, 5) is 11.4. The Morgan fingerprint density at radius 2 is 2.14 bits per heavy atom. The predicted molar refractivity (Wildman–Crippen MR) is 60.3 cm³/mol. The lowest BCUT2D eigenvalue weighted by Crippen LogP contribution is -2.25. The van der Waals surface area contributed by atoms with Gasteiger partial charge in [0.1, 0.15) is 5.78 Å². The van der Waals surface area contributed by atoms with Gasteiger partial charge in [0.05, 0.1) is 0 Å². The average molecular weight is 196 g/mol. The van der Waals surface area contributed by atoms with Gasteiger partial charge in [0.2, 0.25) is 0 Å². The highest BCUT2D eigenvalue weighted by Crippen LogP contribution is 2.38. The van der Waals surface area contributed by atoms with Gasteiger partial charge < -0.3 is 0 Å². The van der Waals surface area contributed by atoms with Crippen LogP contribution in [-0.4, -0.2) is 5.78 Å². The maximum atomic E-state index is 11.4. The minimum Gasteiger partial charge on any atom is -0.300 e. The molecule has 0 aromatic heterocycles. The highest BCUT2D eigenvalue weighted by atomic mass is 16.1. The van der Waals surface area contributed by atoms with Crippen molar-refractivity contribution in [2.24, 2.45) is 11.3 Å². The highest BCUT2D eigenvalue weighted by molar-refractivity contribution is 5.79. The molecule has 0 N–H and O–H groups in total. The van der Waals surface area contributed by atoms with Crippen LogP contribution in [0.3, 0.4) is 0 Å². The molecule has 0 heterocycles. The number of ketones is 1. The Morgan fingerprint density at radius 3 is 2.71 bits per heavy atom.